The lowest BCUT2D eigenvalue weighted by Crippen LogP contribution is -2.30. The van der Waals surface area contributed by atoms with Gasteiger partial charge in [0.05, 0.1) is 0 Å². The molecular weight excluding hydrogens is 889 g/mol. The summed E-state index contributed by atoms with van der Waals surface area (Å²) in [6.45, 7) is 6.47. The van der Waals surface area contributed by atoms with Gasteiger partial charge in [-0.1, -0.05) is 271 Å². The quantitative estimate of drug-likeness (QED) is 0.0261. The van der Waals surface area contributed by atoms with Crippen LogP contribution in [0.5, 0.6) is 0 Å². The Morgan fingerprint density at radius 2 is 0.542 bits per heavy atom. The lowest BCUT2D eigenvalue weighted by Gasteiger charge is -2.18. The van der Waals surface area contributed by atoms with Crippen molar-refractivity contribution in [1.82, 2.24) is 0 Å². The van der Waals surface area contributed by atoms with Crippen molar-refractivity contribution in [1.29, 1.82) is 0 Å². The van der Waals surface area contributed by atoms with Crippen LogP contribution < -0.4 is 0 Å². The maximum Gasteiger partial charge on any atom is 0.306 e. The number of rotatable bonds is 53. The Morgan fingerprint density at radius 3 is 0.847 bits per heavy atom. The molecule has 0 N–H and O–H groups in total. The standard InChI is InChI=1S/C66H110O6/c1-4-7-10-13-16-18-20-22-23-24-25-26-27-28-29-30-31-32-33-34-35-36-37-38-39-40-41-42-43-44-46-47-50-53-56-59-65(68)71-62-63(61-70-64(67)58-55-52-49-15-12-9-6-3)72-66(69)60-57-54-51-48-45-21-19-17-14-11-8-5-2/h7,10,16,18,22-23,25-26,28-29,31-32,34-35,37-38,40-41,63H,4-6,8-9,11-15,17,19-21,24,27,30,33,36,39,42-62H2,1-3H3/b10-7-,18-16-,23-22-,26-25-,29-28-,32-31-,35-34-,38-37-,41-40-. The highest BCUT2D eigenvalue weighted by molar-refractivity contribution is 5.71. The zero-order valence-corrected chi connectivity index (χ0v) is 46.9. The molecule has 0 saturated carbocycles. The van der Waals surface area contributed by atoms with E-state index in [1.807, 2.05) is 0 Å². The second-order valence-corrected chi connectivity index (χ2v) is 19.5. The maximum absolute atomic E-state index is 12.8. The van der Waals surface area contributed by atoms with Crippen molar-refractivity contribution in [3.8, 4) is 0 Å². The average molecular weight is 1000 g/mol. The van der Waals surface area contributed by atoms with Crippen LogP contribution in [0, 0.1) is 0 Å². The molecule has 72 heavy (non-hydrogen) atoms. The van der Waals surface area contributed by atoms with Gasteiger partial charge in [0.15, 0.2) is 6.10 Å². The monoisotopic (exact) mass is 999 g/mol. The van der Waals surface area contributed by atoms with Gasteiger partial charge in [-0.25, -0.2) is 0 Å². The largest absolute Gasteiger partial charge is 0.462 e. The van der Waals surface area contributed by atoms with Crippen LogP contribution in [0.15, 0.2) is 109 Å². The van der Waals surface area contributed by atoms with Gasteiger partial charge in [0.25, 0.3) is 0 Å². The molecule has 1 atom stereocenters. The first-order valence-corrected chi connectivity index (χ1v) is 29.9. The highest BCUT2D eigenvalue weighted by Crippen LogP contribution is 2.15. The van der Waals surface area contributed by atoms with Crippen molar-refractivity contribution in [3.63, 3.8) is 0 Å². The fourth-order valence-electron chi connectivity index (χ4n) is 8.08. The van der Waals surface area contributed by atoms with Crippen molar-refractivity contribution in [2.75, 3.05) is 13.2 Å². The summed E-state index contributed by atoms with van der Waals surface area (Å²) in [7, 11) is 0. The molecule has 1 unspecified atom stereocenters. The Balaban J connectivity index is 4.10. The Kier molecular flexibility index (Phi) is 56.4. The minimum atomic E-state index is -0.777. The van der Waals surface area contributed by atoms with Crippen LogP contribution in [-0.2, 0) is 28.6 Å². The molecular formula is C66H110O6. The number of hydrogen-bond acceptors (Lipinski definition) is 6. The summed E-state index contributed by atoms with van der Waals surface area (Å²) in [6, 6.07) is 0. The molecule has 0 bridgehead atoms. The number of allylic oxidation sites excluding steroid dienone is 18. The fourth-order valence-corrected chi connectivity index (χ4v) is 8.08. The number of carbonyl (C=O) groups is 3. The molecule has 0 heterocycles. The highest BCUT2D eigenvalue weighted by atomic mass is 16.6. The molecule has 0 aromatic carbocycles. The Labute approximate surface area is 444 Å². The van der Waals surface area contributed by atoms with Crippen molar-refractivity contribution in [2.45, 2.75) is 277 Å². The van der Waals surface area contributed by atoms with Gasteiger partial charge in [-0.05, 0) is 89.9 Å². The lowest BCUT2D eigenvalue weighted by molar-refractivity contribution is -0.167. The summed E-state index contributed by atoms with van der Waals surface area (Å²) in [4.78, 5) is 37.9. The molecule has 6 heteroatoms. The molecule has 0 rings (SSSR count). The van der Waals surface area contributed by atoms with Gasteiger partial charge in [-0.15, -0.1) is 0 Å². The minimum Gasteiger partial charge on any atom is -0.462 e. The van der Waals surface area contributed by atoms with E-state index < -0.39 is 6.10 Å². The third kappa shape index (κ3) is 57.0. The topological polar surface area (TPSA) is 78.9 Å². The molecule has 410 valence electrons. The molecule has 0 saturated heterocycles. The summed E-state index contributed by atoms with van der Waals surface area (Å²) in [5, 5.41) is 0. The number of hydrogen-bond donors (Lipinski definition) is 0. The van der Waals surface area contributed by atoms with E-state index in [1.54, 1.807) is 0 Å². The summed E-state index contributed by atoms with van der Waals surface area (Å²) in [5.74, 6) is -0.895. The van der Waals surface area contributed by atoms with E-state index in [0.29, 0.717) is 19.3 Å². The van der Waals surface area contributed by atoms with Crippen molar-refractivity contribution in [3.05, 3.63) is 109 Å². The molecule has 0 amide bonds. The van der Waals surface area contributed by atoms with Crippen LogP contribution >= 0.6 is 0 Å². The molecule has 0 spiro atoms. The number of unbranched alkanes of at least 4 members (excludes halogenated alkanes) is 24. The molecule has 0 aromatic rings. The first-order chi connectivity index (χ1) is 35.5. The van der Waals surface area contributed by atoms with Gasteiger partial charge in [0, 0.05) is 19.3 Å². The summed E-state index contributed by atoms with van der Waals surface area (Å²) in [5.41, 5.74) is 0. The van der Waals surface area contributed by atoms with E-state index >= 15 is 0 Å². The van der Waals surface area contributed by atoms with Gasteiger partial charge in [-0.3, -0.25) is 14.4 Å². The predicted molar refractivity (Wildman–Crippen MR) is 311 cm³/mol. The number of carbonyl (C=O) groups excluding carboxylic acids is 3. The first kappa shape index (κ1) is 68.1. The average Bonchev–Trinajstić information content (AvgIpc) is 3.38. The highest BCUT2D eigenvalue weighted by Gasteiger charge is 2.19. The van der Waals surface area contributed by atoms with Crippen LogP contribution in [0.2, 0.25) is 0 Å². The van der Waals surface area contributed by atoms with E-state index in [9.17, 15) is 14.4 Å². The van der Waals surface area contributed by atoms with E-state index in [4.69, 9.17) is 14.2 Å². The Bertz CT molecular complexity index is 1470. The molecule has 0 fully saturated rings. The molecule has 0 aromatic heterocycles. The van der Waals surface area contributed by atoms with Crippen molar-refractivity contribution < 1.29 is 28.6 Å². The third-order valence-corrected chi connectivity index (χ3v) is 12.5. The van der Waals surface area contributed by atoms with Crippen LogP contribution in [0.25, 0.3) is 0 Å². The van der Waals surface area contributed by atoms with Crippen molar-refractivity contribution >= 4 is 17.9 Å². The van der Waals surface area contributed by atoms with Crippen LogP contribution in [0.1, 0.15) is 271 Å². The van der Waals surface area contributed by atoms with Gasteiger partial charge < -0.3 is 14.2 Å². The SMILES string of the molecule is CC/C=C\C/C=C\C/C=C\C/C=C\C/C=C\C/C=C\C/C=C\C/C=C\C/C=C\CCCCCCCCCC(=O)OCC(COC(=O)CCCCCCCCC)OC(=O)CCCCCCCCCCCCCC. The van der Waals surface area contributed by atoms with Crippen LogP contribution in [-0.4, -0.2) is 37.2 Å². The third-order valence-electron chi connectivity index (χ3n) is 12.5. The van der Waals surface area contributed by atoms with Crippen LogP contribution in [0.4, 0.5) is 0 Å². The normalized spacial score (nSPS) is 12.9. The maximum atomic E-state index is 12.8. The van der Waals surface area contributed by atoms with Crippen molar-refractivity contribution in [2.24, 2.45) is 0 Å². The minimum absolute atomic E-state index is 0.0786. The van der Waals surface area contributed by atoms with E-state index in [2.05, 4.69) is 130 Å². The zero-order chi connectivity index (χ0) is 52.2. The second-order valence-electron chi connectivity index (χ2n) is 19.5. The van der Waals surface area contributed by atoms with E-state index in [0.717, 1.165) is 122 Å². The smallest absolute Gasteiger partial charge is 0.306 e. The van der Waals surface area contributed by atoms with Gasteiger partial charge >= 0.3 is 17.9 Å². The Morgan fingerprint density at radius 1 is 0.292 bits per heavy atom. The summed E-state index contributed by atoms with van der Waals surface area (Å²) >= 11 is 0. The predicted octanol–water partition coefficient (Wildman–Crippen LogP) is 20.3. The van der Waals surface area contributed by atoms with E-state index in [-0.39, 0.29) is 31.1 Å². The molecule has 0 radical (unpaired) electrons. The summed E-state index contributed by atoms with van der Waals surface area (Å²) < 4.78 is 16.7. The number of ether oxygens (including phenoxy) is 3. The first-order valence-electron chi connectivity index (χ1n) is 29.9. The zero-order valence-electron chi connectivity index (χ0n) is 46.9. The lowest BCUT2D eigenvalue weighted by atomic mass is 10.0. The Hall–Kier alpha value is -3.93. The van der Waals surface area contributed by atoms with Crippen LogP contribution in [0.3, 0.4) is 0 Å². The van der Waals surface area contributed by atoms with Gasteiger partial charge in [-0.2, -0.15) is 0 Å². The molecule has 0 aliphatic carbocycles. The fraction of sp³-hybridized carbons (Fsp3) is 0.682. The second kappa shape index (κ2) is 59.6. The summed E-state index contributed by atoms with van der Waals surface area (Å²) in [6.07, 6.45) is 81.1. The van der Waals surface area contributed by atoms with Gasteiger partial charge in [0.1, 0.15) is 13.2 Å². The van der Waals surface area contributed by atoms with E-state index in [1.165, 1.54) is 109 Å². The number of esters is 3. The molecule has 0 aliphatic rings. The van der Waals surface area contributed by atoms with Gasteiger partial charge in [0.2, 0.25) is 0 Å². The molecule has 0 aliphatic heterocycles. The molecule has 6 nitrogen and oxygen atoms in total.